The zero-order valence-electron chi connectivity index (χ0n) is 22.0. The average molecular weight is 510 g/mol. The van der Waals surface area contributed by atoms with Crippen molar-refractivity contribution in [2.45, 2.75) is 31.5 Å². The summed E-state index contributed by atoms with van der Waals surface area (Å²) in [6.45, 7) is 0.140. The Balaban J connectivity index is 1.65. The van der Waals surface area contributed by atoms with E-state index in [0.717, 1.165) is 27.5 Å². The Morgan fingerprint density at radius 2 is 1.42 bits per heavy atom. The number of benzene rings is 4. The van der Waals surface area contributed by atoms with E-state index in [9.17, 15) is 14.7 Å². The van der Waals surface area contributed by atoms with Crippen LogP contribution in [0.25, 0.3) is 10.8 Å². The standard InChI is InChI=1S/C32H35N3O3/c1-34(29(22-36)19-23-9-4-3-5-10-23)32(38)30(20-24-15-16-26-12-6-7-13-27(26)17-24)35(2)31(37)28-14-8-11-25(18-28)21-33/h3-18,29-30,36H,19-22,33H2,1-2H3/t29-,30?/m1/s1. The lowest BCUT2D eigenvalue weighted by molar-refractivity contribution is -0.137. The molecule has 0 saturated heterocycles. The van der Waals surface area contributed by atoms with Crippen LogP contribution in [0.3, 0.4) is 0 Å². The van der Waals surface area contributed by atoms with E-state index in [1.165, 1.54) is 4.90 Å². The minimum absolute atomic E-state index is 0.184. The molecule has 0 aliphatic heterocycles. The Bertz CT molecular complexity index is 1390. The topological polar surface area (TPSA) is 86.9 Å². The van der Waals surface area contributed by atoms with E-state index in [1.807, 2.05) is 72.8 Å². The van der Waals surface area contributed by atoms with Crippen LogP contribution in [0.2, 0.25) is 0 Å². The third kappa shape index (κ3) is 6.28. The molecule has 0 aliphatic rings. The molecule has 0 aliphatic carbocycles. The molecule has 6 heteroatoms. The van der Waals surface area contributed by atoms with Gasteiger partial charge >= 0.3 is 0 Å². The van der Waals surface area contributed by atoms with E-state index in [1.54, 1.807) is 37.2 Å². The Hall–Kier alpha value is -4.00. The van der Waals surface area contributed by atoms with Crippen molar-refractivity contribution in [1.29, 1.82) is 0 Å². The summed E-state index contributed by atoms with van der Waals surface area (Å²) in [5.41, 5.74) is 9.11. The lowest BCUT2D eigenvalue weighted by Gasteiger charge is -2.34. The Kier molecular flexibility index (Phi) is 8.89. The third-order valence-electron chi connectivity index (χ3n) is 7.15. The number of amides is 2. The summed E-state index contributed by atoms with van der Waals surface area (Å²) in [6, 6.07) is 29.9. The lowest BCUT2D eigenvalue weighted by atomic mass is 9.98. The number of nitrogens with two attached hydrogens (primary N) is 1. The summed E-state index contributed by atoms with van der Waals surface area (Å²) < 4.78 is 0. The number of hydrogen-bond acceptors (Lipinski definition) is 4. The van der Waals surface area contributed by atoms with Gasteiger partial charge in [0, 0.05) is 32.6 Å². The number of hydrogen-bond donors (Lipinski definition) is 2. The Morgan fingerprint density at radius 1 is 0.737 bits per heavy atom. The number of aliphatic hydroxyl groups excluding tert-OH is 1. The van der Waals surface area contributed by atoms with Crippen molar-refractivity contribution in [1.82, 2.24) is 9.80 Å². The van der Waals surface area contributed by atoms with Gasteiger partial charge in [-0.05, 0) is 46.0 Å². The molecular formula is C32H35N3O3. The van der Waals surface area contributed by atoms with Crippen LogP contribution in [-0.4, -0.2) is 59.5 Å². The predicted octanol–water partition coefficient (Wildman–Crippen LogP) is 4.04. The van der Waals surface area contributed by atoms with Gasteiger partial charge in [0.15, 0.2) is 0 Å². The van der Waals surface area contributed by atoms with Gasteiger partial charge in [0.25, 0.3) is 5.91 Å². The van der Waals surface area contributed by atoms with Crippen LogP contribution in [0.1, 0.15) is 27.0 Å². The van der Waals surface area contributed by atoms with Crippen molar-refractivity contribution in [2.75, 3.05) is 20.7 Å². The van der Waals surface area contributed by atoms with Crippen LogP contribution in [-0.2, 0) is 24.2 Å². The van der Waals surface area contributed by atoms with Crippen LogP contribution in [0.4, 0.5) is 0 Å². The van der Waals surface area contributed by atoms with Crippen LogP contribution in [0, 0.1) is 0 Å². The molecule has 0 radical (unpaired) electrons. The minimum Gasteiger partial charge on any atom is -0.394 e. The highest BCUT2D eigenvalue weighted by molar-refractivity contribution is 5.97. The smallest absolute Gasteiger partial charge is 0.254 e. The summed E-state index contributed by atoms with van der Waals surface area (Å²) in [7, 11) is 3.37. The summed E-state index contributed by atoms with van der Waals surface area (Å²) in [4.78, 5) is 30.7. The highest BCUT2D eigenvalue weighted by Gasteiger charge is 2.33. The molecule has 38 heavy (non-hydrogen) atoms. The average Bonchev–Trinajstić information content (AvgIpc) is 2.97. The molecule has 2 amide bonds. The molecule has 0 heterocycles. The largest absolute Gasteiger partial charge is 0.394 e. The highest BCUT2D eigenvalue weighted by Crippen LogP contribution is 2.21. The van der Waals surface area contributed by atoms with Gasteiger partial charge in [0.1, 0.15) is 6.04 Å². The lowest BCUT2D eigenvalue weighted by Crippen LogP contribution is -2.53. The van der Waals surface area contributed by atoms with Gasteiger partial charge in [-0.25, -0.2) is 0 Å². The number of fused-ring (bicyclic) bond motifs is 1. The second-order valence-corrected chi connectivity index (χ2v) is 9.70. The van der Waals surface area contributed by atoms with Crippen LogP contribution < -0.4 is 5.73 Å². The van der Waals surface area contributed by atoms with Gasteiger partial charge in [-0.2, -0.15) is 0 Å². The third-order valence-corrected chi connectivity index (χ3v) is 7.15. The quantitative estimate of drug-likeness (QED) is 0.338. The highest BCUT2D eigenvalue weighted by atomic mass is 16.3. The number of carbonyl (C=O) groups is 2. The molecule has 1 unspecified atom stereocenters. The first kappa shape index (κ1) is 27.0. The maximum atomic E-state index is 14.0. The first-order valence-corrected chi connectivity index (χ1v) is 12.9. The molecule has 2 atom stereocenters. The molecule has 196 valence electrons. The van der Waals surface area contributed by atoms with Crippen molar-refractivity contribution in [2.24, 2.45) is 5.73 Å². The molecule has 0 bridgehead atoms. The van der Waals surface area contributed by atoms with Gasteiger partial charge in [0.05, 0.1) is 12.6 Å². The van der Waals surface area contributed by atoms with Gasteiger partial charge in [0.2, 0.25) is 5.91 Å². The second kappa shape index (κ2) is 12.5. The monoisotopic (exact) mass is 509 g/mol. The van der Waals surface area contributed by atoms with Crippen molar-refractivity contribution in [3.05, 3.63) is 119 Å². The molecular weight excluding hydrogens is 474 g/mol. The van der Waals surface area contributed by atoms with Crippen LogP contribution >= 0.6 is 0 Å². The molecule has 3 N–H and O–H groups in total. The maximum Gasteiger partial charge on any atom is 0.254 e. The zero-order chi connectivity index (χ0) is 27.1. The molecule has 4 aromatic carbocycles. The van der Waals surface area contributed by atoms with E-state index in [4.69, 9.17) is 5.73 Å². The normalized spacial score (nSPS) is 12.6. The van der Waals surface area contributed by atoms with Gasteiger partial charge in [-0.3, -0.25) is 9.59 Å². The SMILES string of the molecule is CN(C(=O)c1cccc(CN)c1)C(Cc1ccc2ccccc2c1)C(=O)N(C)[C@@H](CO)Cc1ccccc1. The Morgan fingerprint density at radius 3 is 2.13 bits per heavy atom. The zero-order valence-corrected chi connectivity index (χ0v) is 22.0. The van der Waals surface area contributed by atoms with E-state index in [-0.39, 0.29) is 18.4 Å². The summed E-state index contributed by atoms with van der Waals surface area (Å²) in [6.07, 6.45) is 0.856. The number of aliphatic hydroxyl groups is 1. The van der Waals surface area contributed by atoms with Gasteiger partial charge in [-0.15, -0.1) is 0 Å². The number of likely N-dealkylation sites (N-methyl/N-ethyl adjacent to an activating group) is 2. The minimum atomic E-state index is -0.764. The van der Waals surface area contributed by atoms with Gasteiger partial charge in [-0.1, -0.05) is 84.9 Å². The fourth-order valence-electron chi connectivity index (χ4n) is 4.78. The molecule has 0 saturated carbocycles. The van der Waals surface area contributed by atoms with Gasteiger partial charge < -0.3 is 20.6 Å². The second-order valence-electron chi connectivity index (χ2n) is 9.70. The van der Waals surface area contributed by atoms with Crippen LogP contribution in [0.15, 0.2) is 97.1 Å². The number of nitrogens with zero attached hydrogens (tertiary/aromatic N) is 2. The maximum absolute atomic E-state index is 14.0. The fourth-order valence-corrected chi connectivity index (χ4v) is 4.78. The molecule has 0 aromatic heterocycles. The van der Waals surface area contributed by atoms with Crippen LogP contribution in [0.5, 0.6) is 0 Å². The van der Waals surface area contributed by atoms with Crippen molar-refractivity contribution < 1.29 is 14.7 Å². The first-order chi connectivity index (χ1) is 18.4. The predicted molar refractivity (Wildman–Crippen MR) is 152 cm³/mol. The van der Waals surface area contributed by atoms with Crippen molar-refractivity contribution in [3.8, 4) is 0 Å². The summed E-state index contributed by atoms with van der Waals surface area (Å²) in [5.74, 6) is -0.476. The van der Waals surface area contributed by atoms with E-state index in [0.29, 0.717) is 24.9 Å². The van der Waals surface area contributed by atoms with E-state index < -0.39 is 12.1 Å². The Labute approximate surface area is 224 Å². The van der Waals surface area contributed by atoms with Crippen molar-refractivity contribution in [3.63, 3.8) is 0 Å². The fraction of sp³-hybridized carbons (Fsp3) is 0.250. The van der Waals surface area contributed by atoms with E-state index in [2.05, 4.69) is 6.07 Å². The van der Waals surface area contributed by atoms with E-state index >= 15 is 0 Å². The summed E-state index contributed by atoms with van der Waals surface area (Å²) >= 11 is 0. The molecule has 0 fully saturated rings. The first-order valence-electron chi connectivity index (χ1n) is 12.9. The molecule has 6 nitrogen and oxygen atoms in total. The number of carbonyl (C=O) groups excluding carboxylic acids is 2. The molecule has 4 aromatic rings. The molecule has 0 spiro atoms. The summed E-state index contributed by atoms with van der Waals surface area (Å²) in [5, 5.41) is 12.4. The number of rotatable bonds is 10. The molecule has 4 rings (SSSR count). The van der Waals surface area contributed by atoms with Crippen molar-refractivity contribution >= 4 is 22.6 Å².